The van der Waals surface area contributed by atoms with Crippen LogP contribution in [0.15, 0.2) is 0 Å². The van der Waals surface area contributed by atoms with Gasteiger partial charge in [0.2, 0.25) is 12.3 Å². The van der Waals surface area contributed by atoms with Crippen molar-refractivity contribution in [2.24, 2.45) is 0 Å². The Kier molecular flexibility index (Phi) is 46.1. The van der Waals surface area contributed by atoms with E-state index >= 15 is 0 Å². The van der Waals surface area contributed by atoms with Crippen molar-refractivity contribution in [3.63, 3.8) is 0 Å². The van der Waals surface area contributed by atoms with Crippen LogP contribution in [-0.2, 0) is 0 Å². The third kappa shape index (κ3) is 7370. The van der Waals surface area contributed by atoms with E-state index in [0.29, 0.717) is 0 Å². The van der Waals surface area contributed by atoms with E-state index < -0.39 is 12.3 Å². The molecule has 4 N–H and O–H groups in total. The molecule has 0 saturated heterocycles. The zero-order valence-corrected chi connectivity index (χ0v) is 7.34. The van der Waals surface area contributed by atoms with Crippen molar-refractivity contribution in [1.29, 1.82) is 0 Å². The van der Waals surface area contributed by atoms with E-state index in [1.54, 1.807) is 0 Å². The van der Waals surface area contributed by atoms with Crippen molar-refractivity contribution in [2.45, 2.75) is 0 Å². The molecule has 0 spiro atoms. The fourth-order valence-corrected chi connectivity index (χ4v) is 0. The monoisotopic (exact) mass is 196 g/mol. The van der Waals surface area contributed by atoms with Gasteiger partial charge >= 0.3 is 37.7 Å². The molecule has 8 nitrogen and oxygen atoms in total. The Labute approximate surface area is 90.2 Å². The van der Waals surface area contributed by atoms with E-state index in [0.717, 1.165) is 0 Å². The molecule has 0 aromatic rings. The van der Waals surface area contributed by atoms with Crippen LogP contribution in [0.3, 0.4) is 0 Å². The summed E-state index contributed by atoms with van der Waals surface area (Å²) < 4.78 is 0. The van der Waals surface area contributed by atoms with Gasteiger partial charge in [0.15, 0.2) is 0 Å². The van der Waals surface area contributed by atoms with Crippen LogP contribution in [0.5, 0.6) is 0 Å². The maximum atomic E-state index is 8.44. The maximum absolute atomic E-state index is 8.44. The van der Waals surface area contributed by atoms with Gasteiger partial charge in [0.05, 0.1) is 0 Å². The SMILES string of the molecule is O=C([O-])O.O=C([O-])O.OO.[Ca+2]. The Morgan fingerprint density at radius 1 is 0.909 bits per heavy atom. The van der Waals surface area contributed by atoms with Gasteiger partial charge in [-0.15, -0.1) is 0 Å². The second-order valence-corrected chi connectivity index (χ2v) is 0.532. The quantitative estimate of drug-likeness (QED) is 0.186. The zero-order valence-electron chi connectivity index (χ0n) is 5.13. The molecule has 11 heavy (non-hydrogen) atoms. The molecular weight excluding hydrogens is 192 g/mol. The van der Waals surface area contributed by atoms with E-state index in [1.165, 1.54) is 0 Å². The van der Waals surface area contributed by atoms with Crippen LogP contribution in [0.2, 0.25) is 0 Å². The minimum Gasteiger partial charge on any atom is -0.565 e. The smallest absolute Gasteiger partial charge is 0.565 e. The molecule has 0 aromatic heterocycles. The average Bonchev–Trinajstić information content (AvgIpc) is 1.66. The Balaban J connectivity index is -0.0000000339. The van der Waals surface area contributed by atoms with Gasteiger partial charge in [-0.25, -0.2) is 0 Å². The van der Waals surface area contributed by atoms with Gasteiger partial charge < -0.3 is 30.0 Å². The molecule has 0 rings (SSSR count). The number of hydrogen-bond donors (Lipinski definition) is 4. The maximum Gasteiger partial charge on any atom is 2.00 e. The molecule has 0 atom stereocenters. The second kappa shape index (κ2) is 22.6. The van der Waals surface area contributed by atoms with Gasteiger partial charge in [-0.05, 0) is 0 Å². The van der Waals surface area contributed by atoms with Crippen LogP contribution < -0.4 is 10.2 Å². The molecule has 0 amide bonds. The molecule has 0 radical (unpaired) electrons. The summed E-state index contributed by atoms with van der Waals surface area (Å²) >= 11 is 0. The Bertz CT molecular complexity index is 70.1. The van der Waals surface area contributed by atoms with E-state index in [2.05, 4.69) is 0 Å². The van der Waals surface area contributed by atoms with E-state index in [4.69, 9.17) is 40.5 Å². The summed E-state index contributed by atoms with van der Waals surface area (Å²) in [5.74, 6) is 0. The van der Waals surface area contributed by atoms with Crippen molar-refractivity contribution >= 4 is 50.0 Å². The first kappa shape index (κ1) is 22.4. The summed E-state index contributed by atoms with van der Waals surface area (Å²) in [5, 5.41) is 42.6. The first-order valence-corrected chi connectivity index (χ1v) is 1.46. The summed E-state index contributed by atoms with van der Waals surface area (Å²) in [6.45, 7) is 0. The largest absolute Gasteiger partial charge is 2.00 e. The van der Waals surface area contributed by atoms with Crippen molar-refractivity contribution in [3.8, 4) is 0 Å². The third-order valence-corrected chi connectivity index (χ3v) is 0. The number of hydrogen-bond acceptors (Lipinski definition) is 6. The summed E-state index contributed by atoms with van der Waals surface area (Å²) in [6.07, 6.45) is -4.17. The molecule has 0 aliphatic carbocycles. The Morgan fingerprint density at radius 2 is 0.909 bits per heavy atom. The van der Waals surface area contributed by atoms with Gasteiger partial charge in [-0.3, -0.25) is 10.5 Å². The molecule has 0 unspecified atom stereocenters. The Hall–Kier alpha value is -0.280. The van der Waals surface area contributed by atoms with Crippen molar-refractivity contribution in [2.75, 3.05) is 0 Å². The molecule has 0 aromatic carbocycles. The second-order valence-electron chi connectivity index (χ2n) is 0.532. The fraction of sp³-hybridized carbons (Fsp3) is 0. The Morgan fingerprint density at radius 3 is 0.909 bits per heavy atom. The normalized spacial score (nSPS) is 4.91. The van der Waals surface area contributed by atoms with Gasteiger partial charge in [0.1, 0.15) is 0 Å². The fourth-order valence-electron chi connectivity index (χ4n) is 0. The predicted octanol–water partition coefficient (Wildman–Crippen LogP) is -2.59. The van der Waals surface area contributed by atoms with Crippen LogP contribution in [0.25, 0.3) is 0 Å². The van der Waals surface area contributed by atoms with Gasteiger partial charge in [0.25, 0.3) is 0 Å². The van der Waals surface area contributed by atoms with Crippen LogP contribution >= 0.6 is 0 Å². The van der Waals surface area contributed by atoms with Crippen LogP contribution in [0.4, 0.5) is 9.59 Å². The molecule has 0 aliphatic rings. The summed E-state index contributed by atoms with van der Waals surface area (Å²) in [6, 6.07) is 0. The minimum atomic E-state index is -2.08. The van der Waals surface area contributed by atoms with Crippen LogP contribution in [0.1, 0.15) is 0 Å². The number of carboxylic acid groups (broad SMARTS) is 4. The molecule has 0 aliphatic heterocycles. The summed E-state index contributed by atoms with van der Waals surface area (Å²) in [4.78, 5) is 16.9. The molecule has 9 heteroatoms. The topological polar surface area (TPSA) is 161 Å². The molecular formula is C2H4CaO8. The predicted molar refractivity (Wildman–Crippen MR) is 27.1 cm³/mol. The molecule has 0 heterocycles. The number of rotatable bonds is 0. The molecule has 0 bridgehead atoms. The third-order valence-electron chi connectivity index (χ3n) is 0. The van der Waals surface area contributed by atoms with Crippen LogP contribution in [0, 0.1) is 0 Å². The molecule has 62 valence electrons. The first-order chi connectivity index (χ1) is 4.46. The minimum absolute atomic E-state index is 0. The number of carbonyl (C=O) groups is 2. The zero-order chi connectivity index (χ0) is 9.15. The van der Waals surface area contributed by atoms with Crippen molar-refractivity contribution in [3.05, 3.63) is 0 Å². The van der Waals surface area contributed by atoms with Gasteiger partial charge in [-0.2, -0.15) is 0 Å². The first-order valence-electron chi connectivity index (χ1n) is 1.46. The summed E-state index contributed by atoms with van der Waals surface area (Å²) in [7, 11) is 0. The van der Waals surface area contributed by atoms with Gasteiger partial charge in [-0.1, -0.05) is 0 Å². The van der Waals surface area contributed by atoms with Crippen molar-refractivity contribution < 1.29 is 40.5 Å². The standard InChI is InChI=1S/2CH2O3.Ca.H2O2/c2*2-1(3)4;;1-2/h2*(H2,2,3,4);;1-2H/q;;+2;/p-2. The van der Waals surface area contributed by atoms with E-state index in [1.807, 2.05) is 0 Å². The van der Waals surface area contributed by atoms with E-state index in [-0.39, 0.29) is 37.7 Å². The van der Waals surface area contributed by atoms with Crippen LogP contribution in [-0.4, -0.2) is 70.8 Å². The molecule has 0 saturated carbocycles. The summed E-state index contributed by atoms with van der Waals surface area (Å²) in [5.41, 5.74) is 0. The van der Waals surface area contributed by atoms with Gasteiger partial charge in [0, 0.05) is 0 Å². The van der Waals surface area contributed by atoms with Crippen molar-refractivity contribution in [1.82, 2.24) is 0 Å². The molecule has 0 fully saturated rings. The average molecular weight is 196 g/mol. The van der Waals surface area contributed by atoms with E-state index in [9.17, 15) is 0 Å².